The van der Waals surface area contributed by atoms with E-state index in [2.05, 4.69) is 0 Å². The van der Waals surface area contributed by atoms with E-state index in [1.54, 1.807) is 0 Å². The molecule has 78 valence electrons. The molecule has 0 aliphatic heterocycles. The molecule has 0 fully saturated rings. The van der Waals surface area contributed by atoms with Crippen molar-refractivity contribution in [3.8, 4) is 0 Å². The van der Waals surface area contributed by atoms with Crippen LogP contribution in [0, 0.1) is 0 Å². The quantitative estimate of drug-likeness (QED) is 0.347. The minimum absolute atomic E-state index is 0. The molecular formula is C4H10Na4O7S. The van der Waals surface area contributed by atoms with Gasteiger partial charge < -0.3 is 15.9 Å². The predicted octanol–water partition coefficient (Wildman–Crippen LogP) is -12.7. The summed E-state index contributed by atoms with van der Waals surface area (Å²) in [5.74, 6) is -3.50. The van der Waals surface area contributed by atoms with Gasteiger partial charge in [-0.05, 0) is 0 Å². The first-order valence-electron chi connectivity index (χ1n) is 2.66. The first kappa shape index (κ1) is 31.3. The Hall–Kier alpha value is 2.85. The Balaban J connectivity index is -0.0000000216. The molecule has 0 amide bonds. The zero-order chi connectivity index (χ0) is 9.94. The average Bonchev–Trinajstić information content (AvgIpc) is 1.79. The third-order valence-electron chi connectivity index (χ3n) is 0.995. The van der Waals surface area contributed by atoms with Crippen LogP contribution in [0.3, 0.4) is 0 Å². The number of carbonyl (C=O) groups is 2. The van der Waals surface area contributed by atoms with Crippen molar-refractivity contribution in [2.45, 2.75) is 11.7 Å². The fraction of sp³-hybridized carbons (Fsp3) is 0.500. The van der Waals surface area contributed by atoms with Crippen molar-refractivity contribution in [1.82, 2.24) is 0 Å². The van der Waals surface area contributed by atoms with Gasteiger partial charge in [-0.25, -0.2) is 0 Å². The van der Waals surface area contributed by atoms with Crippen molar-refractivity contribution in [3.63, 3.8) is 0 Å². The zero-order valence-corrected chi connectivity index (χ0v) is 18.5. The summed E-state index contributed by atoms with van der Waals surface area (Å²) < 4.78 is 28.7. The van der Waals surface area contributed by atoms with E-state index in [9.17, 15) is 18.0 Å². The van der Waals surface area contributed by atoms with Gasteiger partial charge in [0.25, 0.3) is 10.1 Å². The molecule has 0 bridgehead atoms. The molecule has 0 saturated heterocycles. The monoisotopic (exact) mass is 294 g/mol. The van der Waals surface area contributed by atoms with Crippen LogP contribution in [0.25, 0.3) is 0 Å². The van der Waals surface area contributed by atoms with Gasteiger partial charge in [0.15, 0.2) is 5.25 Å². The smallest absolute Gasteiger partial charge is 1.00 e. The Labute approximate surface area is 187 Å². The Morgan fingerprint density at radius 2 is 1.38 bits per heavy atom. The minimum Gasteiger partial charge on any atom is -1.00 e. The van der Waals surface area contributed by atoms with Crippen LogP contribution in [0.15, 0.2) is 0 Å². The first-order valence-corrected chi connectivity index (χ1v) is 4.16. The van der Waals surface area contributed by atoms with E-state index in [4.69, 9.17) is 14.8 Å². The molecule has 12 heteroatoms. The molecule has 0 aliphatic rings. The second-order valence-electron chi connectivity index (χ2n) is 1.94. The van der Waals surface area contributed by atoms with E-state index in [0.29, 0.717) is 0 Å². The van der Waals surface area contributed by atoms with Gasteiger partial charge in [-0.1, -0.05) is 0 Å². The molecule has 0 aromatic rings. The summed E-state index contributed by atoms with van der Waals surface area (Å²) in [6, 6.07) is 0. The number of aliphatic carboxylic acids is 2. The van der Waals surface area contributed by atoms with E-state index < -0.39 is 33.7 Å². The van der Waals surface area contributed by atoms with Crippen molar-refractivity contribution >= 4 is 22.1 Å². The molecule has 16 heavy (non-hydrogen) atoms. The molecule has 1 unspecified atom stereocenters. The maximum atomic E-state index is 10.2. The number of rotatable bonds is 4. The van der Waals surface area contributed by atoms with E-state index >= 15 is 0 Å². The number of hydrogen-bond donors (Lipinski definition) is 3. The number of hydrogen-bond acceptors (Lipinski definition) is 4. The summed E-state index contributed by atoms with van der Waals surface area (Å²) in [6.07, 6.45) is -1.16. The SMILES string of the molecule is O=C(O)CC(C(=O)O)S(=O)(=O)O.[H-].[H-].[H-].[H-].[Na+].[Na+].[Na+].[Na+]. The first-order chi connectivity index (χ1) is 5.25. The topological polar surface area (TPSA) is 129 Å². The average molecular weight is 294 g/mol. The van der Waals surface area contributed by atoms with E-state index in [-0.39, 0.29) is 124 Å². The number of carboxylic acid groups (broad SMARTS) is 2. The van der Waals surface area contributed by atoms with Crippen LogP contribution in [0.1, 0.15) is 12.1 Å². The maximum Gasteiger partial charge on any atom is 1.00 e. The van der Waals surface area contributed by atoms with Gasteiger partial charge >= 0.3 is 130 Å². The summed E-state index contributed by atoms with van der Waals surface area (Å²) in [5, 5.41) is 13.9. The summed E-state index contributed by atoms with van der Waals surface area (Å²) in [5.41, 5.74) is 0. The second-order valence-corrected chi connectivity index (χ2v) is 3.54. The van der Waals surface area contributed by atoms with Gasteiger partial charge in [0.2, 0.25) is 0 Å². The minimum atomic E-state index is -4.84. The molecule has 3 N–H and O–H groups in total. The second kappa shape index (κ2) is 14.3. The zero-order valence-electron chi connectivity index (χ0n) is 13.7. The van der Waals surface area contributed by atoms with Crippen molar-refractivity contribution in [3.05, 3.63) is 0 Å². The standard InChI is InChI=1S/C4H6O7S.4Na.4H/c5-3(6)1-2(4(7)8)12(9,10)11;;;;;;;;/h2H,1H2,(H,5,6)(H,7,8)(H,9,10,11);;;;;;;;/q;4*+1;4*-1. The summed E-state index contributed by atoms with van der Waals surface area (Å²) in [4.78, 5) is 20.0. The molecule has 0 saturated carbocycles. The Bertz CT molecular complexity index is 316. The van der Waals surface area contributed by atoms with Crippen molar-refractivity contribution in [2.75, 3.05) is 0 Å². The third kappa shape index (κ3) is 14.9. The van der Waals surface area contributed by atoms with Gasteiger partial charge in [0.1, 0.15) is 0 Å². The molecular weight excluding hydrogens is 284 g/mol. The third-order valence-corrected chi connectivity index (χ3v) is 2.08. The van der Waals surface area contributed by atoms with Crippen LogP contribution >= 0.6 is 0 Å². The largest absolute Gasteiger partial charge is 1.00 e. The van der Waals surface area contributed by atoms with Crippen LogP contribution in [-0.4, -0.2) is 40.4 Å². The van der Waals surface area contributed by atoms with Crippen LogP contribution < -0.4 is 118 Å². The van der Waals surface area contributed by atoms with Gasteiger partial charge in [0, 0.05) is 0 Å². The van der Waals surface area contributed by atoms with Gasteiger partial charge in [0.05, 0.1) is 6.42 Å². The van der Waals surface area contributed by atoms with Crippen LogP contribution in [-0.2, 0) is 19.7 Å². The molecule has 7 nitrogen and oxygen atoms in total. The summed E-state index contributed by atoms with van der Waals surface area (Å²) in [6.45, 7) is 0. The van der Waals surface area contributed by atoms with Gasteiger partial charge in [-0.15, -0.1) is 0 Å². The van der Waals surface area contributed by atoms with Gasteiger partial charge in [-0.3, -0.25) is 14.1 Å². The normalized spacial score (nSPS) is 10.3. The molecule has 0 aromatic heterocycles. The van der Waals surface area contributed by atoms with Crippen molar-refractivity contribution in [2.24, 2.45) is 0 Å². The van der Waals surface area contributed by atoms with Crippen LogP contribution in [0.5, 0.6) is 0 Å². The Morgan fingerprint density at radius 1 is 1.06 bits per heavy atom. The summed E-state index contributed by atoms with van der Waals surface area (Å²) >= 11 is 0. The van der Waals surface area contributed by atoms with Crippen LogP contribution in [0.2, 0.25) is 0 Å². The number of carboxylic acids is 2. The maximum absolute atomic E-state index is 10.2. The van der Waals surface area contributed by atoms with Gasteiger partial charge in [-0.2, -0.15) is 8.42 Å². The molecule has 0 rings (SSSR count). The van der Waals surface area contributed by atoms with Crippen molar-refractivity contribution in [1.29, 1.82) is 0 Å². The van der Waals surface area contributed by atoms with E-state index in [1.807, 2.05) is 0 Å². The molecule has 0 heterocycles. The van der Waals surface area contributed by atoms with Crippen molar-refractivity contribution < 1.29 is 157 Å². The molecule has 0 radical (unpaired) electrons. The molecule has 1 atom stereocenters. The molecule has 0 spiro atoms. The predicted molar refractivity (Wildman–Crippen MR) is 39.7 cm³/mol. The fourth-order valence-electron chi connectivity index (χ4n) is 0.479. The molecule has 0 aliphatic carbocycles. The van der Waals surface area contributed by atoms with E-state index in [0.717, 1.165) is 0 Å². The Morgan fingerprint density at radius 3 is 1.44 bits per heavy atom. The molecule has 0 aromatic carbocycles. The summed E-state index contributed by atoms with van der Waals surface area (Å²) in [7, 11) is -4.84. The van der Waals surface area contributed by atoms with E-state index in [1.165, 1.54) is 0 Å². The van der Waals surface area contributed by atoms with Crippen LogP contribution in [0.4, 0.5) is 0 Å². The fourth-order valence-corrected chi connectivity index (χ4v) is 1.09. The Kier molecular flexibility index (Phi) is 27.9.